The number of nitrogens with two attached hydrogens (primary N) is 1. The van der Waals surface area contributed by atoms with E-state index in [0.29, 0.717) is 42.9 Å². The molecule has 27 heavy (non-hydrogen) atoms. The quantitative estimate of drug-likeness (QED) is 0.393. The highest BCUT2D eigenvalue weighted by Gasteiger charge is 2.26. The molecule has 2 atom stereocenters. The van der Waals surface area contributed by atoms with Gasteiger partial charge in [-0.2, -0.15) is 0 Å². The third-order valence-electron chi connectivity index (χ3n) is 4.09. The van der Waals surface area contributed by atoms with Gasteiger partial charge in [0.1, 0.15) is 18.6 Å². The van der Waals surface area contributed by atoms with Gasteiger partial charge in [0.05, 0.1) is 0 Å². The van der Waals surface area contributed by atoms with Crippen LogP contribution in [0.15, 0.2) is 24.3 Å². The molecule has 0 radical (unpaired) electrons. The predicted molar refractivity (Wildman–Crippen MR) is 103 cm³/mol. The summed E-state index contributed by atoms with van der Waals surface area (Å²) in [5.74, 6) is -2.37. The van der Waals surface area contributed by atoms with Gasteiger partial charge in [-0.15, -0.1) is 0 Å². The van der Waals surface area contributed by atoms with Crippen molar-refractivity contribution in [3.05, 3.63) is 29.3 Å². The van der Waals surface area contributed by atoms with Crippen molar-refractivity contribution in [3.63, 3.8) is 0 Å². The Morgan fingerprint density at radius 3 is 2.33 bits per heavy atom. The van der Waals surface area contributed by atoms with Gasteiger partial charge in [0.25, 0.3) is 0 Å². The molecule has 150 valence electrons. The second kappa shape index (κ2) is 11.4. The average molecular weight is 400 g/mol. The van der Waals surface area contributed by atoms with Gasteiger partial charge in [0.2, 0.25) is 5.91 Å². The van der Waals surface area contributed by atoms with Crippen LogP contribution in [0.4, 0.5) is 5.69 Å². The van der Waals surface area contributed by atoms with Crippen molar-refractivity contribution in [3.8, 4) is 0 Å². The molecule has 0 aromatic heterocycles. The van der Waals surface area contributed by atoms with Crippen molar-refractivity contribution in [1.82, 2.24) is 5.32 Å². The number of amides is 1. The molecular formula is C18H26ClN3O5. The van der Waals surface area contributed by atoms with E-state index in [1.54, 1.807) is 31.2 Å². The molecule has 0 heterocycles. The van der Waals surface area contributed by atoms with Crippen LogP contribution in [0.5, 0.6) is 0 Å². The second-order valence-corrected chi connectivity index (χ2v) is 6.59. The van der Waals surface area contributed by atoms with Crippen LogP contribution in [0, 0.1) is 0 Å². The lowest BCUT2D eigenvalue weighted by molar-refractivity contribution is -0.139. The number of nitrogens with zero attached hydrogens (tertiary/aromatic N) is 1. The molecule has 9 heteroatoms. The molecule has 0 spiro atoms. The summed E-state index contributed by atoms with van der Waals surface area (Å²) >= 11 is 5.88. The van der Waals surface area contributed by atoms with E-state index in [-0.39, 0.29) is 12.5 Å². The molecule has 1 aromatic carbocycles. The number of benzene rings is 1. The number of unbranched alkanes of at least 4 members (excludes halogenated alkanes) is 1. The lowest BCUT2D eigenvalue weighted by Crippen LogP contribution is -2.49. The monoisotopic (exact) mass is 399 g/mol. The first-order chi connectivity index (χ1) is 12.8. The third-order valence-corrected chi connectivity index (χ3v) is 4.34. The standard InChI is InChI=1S/C18H26ClN3O5/c1-2-15(17(25)21-10-4-3-5-14(20)18(26)27)22(11-16(23)24)13-8-6-12(19)7-9-13/h6-9,14-15H,2-5,10-11,20H2,1H3,(H,21,25)(H,23,24)(H,26,27)/t14-,15+/m0/s1. The van der Waals surface area contributed by atoms with Crippen LogP contribution in [-0.2, 0) is 14.4 Å². The van der Waals surface area contributed by atoms with E-state index in [1.807, 2.05) is 0 Å². The van der Waals surface area contributed by atoms with Gasteiger partial charge in [-0.05, 0) is 49.9 Å². The van der Waals surface area contributed by atoms with Gasteiger partial charge in [-0.25, -0.2) is 0 Å². The Morgan fingerprint density at radius 1 is 1.19 bits per heavy atom. The van der Waals surface area contributed by atoms with E-state index >= 15 is 0 Å². The van der Waals surface area contributed by atoms with Crippen LogP contribution in [0.1, 0.15) is 32.6 Å². The third kappa shape index (κ3) is 7.84. The van der Waals surface area contributed by atoms with Crippen molar-refractivity contribution in [2.75, 3.05) is 18.0 Å². The van der Waals surface area contributed by atoms with Crippen LogP contribution in [0.3, 0.4) is 0 Å². The Hall–Kier alpha value is -2.32. The van der Waals surface area contributed by atoms with E-state index in [1.165, 1.54) is 4.90 Å². The highest BCUT2D eigenvalue weighted by atomic mass is 35.5. The topological polar surface area (TPSA) is 133 Å². The zero-order valence-corrected chi connectivity index (χ0v) is 16.0. The molecule has 0 unspecified atom stereocenters. The molecule has 1 aromatic rings. The number of carbonyl (C=O) groups is 3. The molecule has 0 saturated heterocycles. The predicted octanol–water partition coefficient (Wildman–Crippen LogP) is 1.71. The van der Waals surface area contributed by atoms with Gasteiger partial charge in [-0.1, -0.05) is 18.5 Å². The molecule has 8 nitrogen and oxygen atoms in total. The fourth-order valence-corrected chi connectivity index (χ4v) is 2.78. The summed E-state index contributed by atoms with van der Waals surface area (Å²) < 4.78 is 0. The van der Waals surface area contributed by atoms with E-state index in [0.717, 1.165) is 0 Å². The second-order valence-electron chi connectivity index (χ2n) is 6.15. The molecule has 1 amide bonds. The fraction of sp³-hybridized carbons (Fsp3) is 0.500. The van der Waals surface area contributed by atoms with Gasteiger partial charge in [-0.3, -0.25) is 14.4 Å². The lowest BCUT2D eigenvalue weighted by Gasteiger charge is -2.31. The number of carbonyl (C=O) groups excluding carboxylic acids is 1. The van der Waals surface area contributed by atoms with Crippen LogP contribution in [-0.4, -0.2) is 53.2 Å². The largest absolute Gasteiger partial charge is 0.480 e. The maximum Gasteiger partial charge on any atom is 0.323 e. The molecule has 0 fully saturated rings. The van der Waals surface area contributed by atoms with Gasteiger partial charge >= 0.3 is 11.9 Å². The number of aliphatic carboxylic acids is 2. The minimum absolute atomic E-state index is 0.281. The highest BCUT2D eigenvalue weighted by molar-refractivity contribution is 6.30. The highest BCUT2D eigenvalue weighted by Crippen LogP contribution is 2.21. The van der Waals surface area contributed by atoms with Gasteiger partial charge < -0.3 is 26.2 Å². The van der Waals surface area contributed by atoms with E-state index in [9.17, 15) is 19.5 Å². The van der Waals surface area contributed by atoms with Gasteiger partial charge in [0.15, 0.2) is 0 Å². The molecule has 0 bridgehead atoms. The molecular weight excluding hydrogens is 374 g/mol. The van der Waals surface area contributed by atoms with Crippen molar-refractivity contribution in [2.45, 2.75) is 44.7 Å². The SMILES string of the molecule is CC[C@H](C(=O)NCCCC[C@H](N)C(=O)O)N(CC(=O)O)c1ccc(Cl)cc1. The number of halogens is 1. The Kier molecular flexibility index (Phi) is 9.60. The Balaban J connectivity index is 2.67. The Labute approximate surface area is 163 Å². The zero-order valence-electron chi connectivity index (χ0n) is 15.2. The van der Waals surface area contributed by atoms with Gasteiger partial charge in [0, 0.05) is 17.3 Å². The first-order valence-corrected chi connectivity index (χ1v) is 9.14. The average Bonchev–Trinajstić information content (AvgIpc) is 2.61. The number of nitrogens with one attached hydrogen (secondary N) is 1. The van der Waals surface area contributed by atoms with E-state index in [2.05, 4.69) is 5.32 Å². The van der Waals surface area contributed by atoms with Crippen LogP contribution in [0.2, 0.25) is 5.02 Å². The number of carboxylic acids is 2. The zero-order chi connectivity index (χ0) is 20.4. The number of rotatable bonds is 12. The summed E-state index contributed by atoms with van der Waals surface area (Å²) in [5.41, 5.74) is 6.02. The molecule has 0 aliphatic carbocycles. The smallest absolute Gasteiger partial charge is 0.323 e. The van der Waals surface area contributed by atoms with E-state index in [4.69, 9.17) is 22.4 Å². The summed E-state index contributed by atoms with van der Waals surface area (Å²) in [7, 11) is 0. The molecule has 0 aliphatic rings. The van der Waals surface area contributed by atoms with Crippen LogP contribution in [0.25, 0.3) is 0 Å². The fourth-order valence-electron chi connectivity index (χ4n) is 2.65. The lowest BCUT2D eigenvalue weighted by atomic mass is 10.1. The summed E-state index contributed by atoms with van der Waals surface area (Å²) in [6.07, 6.45) is 1.91. The number of anilines is 1. The Bertz CT molecular complexity index is 638. The maximum atomic E-state index is 12.6. The first-order valence-electron chi connectivity index (χ1n) is 8.76. The number of hydrogen-bond acceptors (Lipinski definition) is 5. The number of carboxylic acid groups (broad SMARTS) is 2. The molecule has 5 N–H and O–H groups in total. The minimum atomic E-state index is -1.04. The van der Waals surface area contributed by atoms with Crippen molar-refractivity contribution < 1.29 is 24.6 Å². The summed E-state index contributed by atoms with van der Waals surface area (Å²) in [6.45, 7) is 1.85. The molecule has 0 saturated carbocycles. The minimum Gasteiger partial charge on any atom is -0.480 e. The molecule has 1 rings (SSSR count). The molecule has 0 aliphatic heterocycles. The normalized spacial score (nSPS) is 12.9. The maximum absolute atomic E-state index is 12.6. The van der Waals surface area contributed by atoms with Crippen LogP contribution >= 0.6 is 11.6 Å². The summed E-state index contributed by atoms with van der Waals surface area (Å²) in [6, 6.07) is 5.08. The Morgan fingerprint density at radius 2 is 1.81 bits per heavy atom. The van der Waals surface area contributed by atoms with Crippen molar-refractivity contribution in [1.29, 1.82) is 0 Å². The van der Waals surface area contributed by atoms with Crippen molar-refractivity contribution in [2.24, 2.45) is 5.73 Å². The summed E-state index contributed by atoms with van der Waals surface area (Å²) in [4.78, 5) is 36.0. The number of hydrogen-bond donors (Lipinski definition) is 4. The van der Waals surface area contributed by atoms with Crippen LogP contribution < -0.4 is 16.0 Å². The summed E-state index contributed by atoms with van der Waals surface area (Å²) in [5, 5.41) is 21.2. The van der Waals surface area contributed by atoms with Crippen molar-refractivity contribution >= 4 is 35.1 Å². The first kappa shape index (κ1) is 22.7. The van der Waals surface area contributed by atoms with E-state index < -0.39 is 24.0 Å².